The van der Waals surface area contributed by atoms with Crippen LogP contribution in [0.4, 0.5) is 14.9 Å². The van der Waals surface area contributed by atoms with E-state index in [4.69, 9.17) is 5.11 Å². The van der Waals surface area contributed by atoms with E-state index in [1.54, 1.807) is 48.2 Å². The summed E-state index contributed by atoms with van der Waals surface area (Å²) in [5, 5.41) is 8.97. The van der Waals surface area contributed by atoms with Crippen LogP contribution < -0.4 is 4.90 Å². The third kappa shape index (κ3) is 4.57. The van der Waals surface area contributed by atoms with E-state index >= 15 is 0 Å². The van der Waals surface area contributed by atoms with Gasteiger partial charge in [0.05, 0.1) is 12.2 Å². The Kier molecular flexibility index (Phi) is 6.41. The quantitative estimate of drug-likeness (QED) is 0.795. The van der Waals surface area contributed by atoms with Crippen molar-refractivity contribution < 1.29 is 19.1 Å². The number of hydrogen-bond donors (Lipinski definition) is 1. The highest BCUT2D eigenvalue weighted by Crippen LogP contribution is 2.25. The van der Waals surface area contributed by atoms with Crippen molar-refractivity contribution in [2.24, 2.45) is 0 Å². The molecule has 0 radical (unpaired) electrons. The molecule has 0 aliphatic carbocycles. The number of nitrogens with zero attached hydrogens (tertiary/aromatic N) is 2. The molecule has 2 amide bonds. The zero-order chi connectivity index (χ0) is 20.1. The lowest BCUT2D eigenvalue weighted by atomic mass is 10.1. The third-order valence-electron chi connectivity index (χ3n) is 5.01. The number of halogens is 1. The number of urea groups is 1. The molecule has 6 heteroatoms. The molecule has 0 unspecified atom stereocenters. The van der Waals surface area contributed by atoms with Crippen molar-refractivity contribution in [1.29, 1.82) is 0 Å². The smallest absolute Gasteiger partial charge is 0.324 e. The summed E-state index contributed by atoms with van der Waals surface area (Å²) in [5.74, 6) is -0.796. The van der Waals surface area contributed by atoms with Gasteiger partial charge in [-0.25, -0.2) is 9.18 Å². The molecule has 2 aromatic rings. The first-order valence-electron chi connectivity index (χ1n) is 9.55. The largest absolute Gasteiger partial charge is 0.388 e. The Morgan fingerprint density at radius 1 is 1.07 bits per heavy atom. The van der Waals surface area contributed by atoms with Crippen LogP contribution >= 0.6 is 0 Å². The molecule has 0 spiro atoms. The zero-order valence-corrected chi connectivity index (χ0v) is 16.0. The molecule has 1 N–H and O–H groups in total. The van der Waals surface area contributed by atoms with E-state index in [-0.39, 0.29) is 24.0 Å². The average Bonchev–Trinajstić information content (AvgIpc) is 2.72. The molecule has 1 saturated heterocycles. The van der Waals surface area contributed by atoms with E-state index in [1.165, 1.54) is 11.0 Å². The molecule has 2 aromatic carbocycles. The molecule has 3 rings (SSSR count). The minimum absolute atomic E-state index is 0.197. The lowest BCUT2D eigenvalue weighted by molar-refractivity contribution is 0.0903. The van der Waals surface area contributed by atoms with Gasteiger partial charge in [0.1, 0.15) is 12.4 Å². The van der Waals surface area contributed by atoms with Gasteiger partial charge in [0, 0.05) is 18.7 Å². The van der Waals surface area contributed by atoms with Crippen LogP contribution in [0.5, 0.6) is 0 Å². The van der Waals surface area contributed by atoms with E-state index in [0.29, 0.717) is 18.7 Å². The number of amides is 2. The number of ketones is 1. The molecule has 28 heavy (non-hydrogen) atoms. The fraction of sp³-hybridized carbons (Fsp3) is 0.364. The molecule has 0 bridgehead atoms. The summed E-state index contributed by atoms with van der Waals surface area (Å²) in [5.41, 5.74) is 2.22. The maximum Gasteiger partial charge on any atom is 0.324 e. The van der Waals surface area contributed by atoms with Crippen molar-refractivity contribution >= 4 is 17.5 Å². The second kappa shape index (κ2) is 8.97. The Balaban J connectivity index is 1.89. The van der Waals surface area contributed by atoms with Gasteiger partial charge in [0.2, 0.25) is 0 Å². The van der Waals surface area contributed by atoms with Gasteiger partial charge in [-0.05, 0) is 49.4 Å². The molecule has 1 fully saturated rings. The number of aliphatic hydroxyl groups is 1. The van der Waals surface area contributed by atoms with Gasteiger partial charge in [0.15, 0.2) is 5.78 Å². The molecular formula is C22H25FN2O3. The Bertz CT molecular complexity index is 845. The first-order valence-corrected chi connectivity index (χ1v) is 9.55. The number of Topliss-reactive ketones (excluding diaryl/α,β-unsaturated/α-hetero) is 1. The molecule has 0 atom stereocenters. The van der Waals surface area contributed by atoms with Crippen molar-refractivity contribution in [1.82, 2.24) is 4.90 Å². The van der Waals surface area contributed by atoms with Gasteiger partial charge in [-0.15, -0.1) is 0 Å². The monoisotopic (exact) mass is 384 g/mol. The lowest BCUT2D eigenvalue weighted by Gasteiger charge is -2.33. The van der Waals surface area contributed by atoms with Crippen LogP contribution in [0.15, 0.2) is 42.5 Å². The van der Waals surface area contributed by atoms with Crippen LogP contribution in [-0.2, 0) is 6.54 Å². The number of likely N-dealkylation sites (tertiary alicyclic amines) is 1. The highest BCUT2D eigenvalue weighted by molar-refractivity contribution is 5.97. The Morgan fingerprint density at radius 3 is 2.36 bits per heavy atom. The van der Waals surface area contributed by atoms with Crippen LogP contribution in [0, 0.1) is 12.7 Å². The van der Waals surface area contributed by atoms with Crippen molar-refractivity contribution in [3.05, 3.63) is 65.0 Å². The van der Waals surface area contributed by atoms with Gasteiger partial charge >= 0.3 is 6.03 Å². The number of benzene rings is 2. The van der Waals surface area contributed by atoms with Gasteiger partial charge < -0.3 is 10.0 Å². The number of rotatable bonds is 5. The van der Waals surface area contributed by atoms with Gasteiger partial charge in [0.25, 0.3) is 0 Å². The summed E-state index contributed by atoms with van der Waals surface area (Å²) < 4.78 is 14.7. The molecule has 148 valence electrons. The van der Waals surface area contributed by atoms with Crippen molar-refractivity contribution in [3.8, 4) is 0 Å². The maximum absolute atomic E-state index is 14.7. The summed E-state index contributed by atoms with van der Waals surface area (Å²) >= 11 is 0. The summed E-state index contributed by atoms with van der Waals surface area (Å²) in [6, 6.07) is 11.3. The summed E-state index contributed by atoms with van der Waals surface area (Å²) in [6.07, 6.45) is 3.00. The van der Waals surface area contributed by atoms with Crippen LogP contribution in [0.3, 0.4) is 0 Å². The van der Waals surface area contributed by atoms with Crippen LogP contribution in [0.25, 0.3) is 0 Å². The minimum Gasteiger partial charge on any atom is -0.388 e. The van der Waals surface area contributed by atoms with Crippen molar-refractivity contribution in [2.45, 2.75) is 32.7 Å². The van der Waals surface area contributed by atoms with Crippen LogP contribution in [-0.4, -0.2) is 41.5 Å². The molecule has 1 aliphatic rings. The van der Waals surface area contributed by atoms with Gasteiger partial charge in [-0.1, -0.05) is 30.3 Å². The fourth-order valence-corrected chi connectivity index (χ4v) is 3.41. The maximum atomic E-state index is 14.7. The third-order valence-corrected chi connectivity index (χ3v) is 5.01. The number of carbonyl (C=O) groups is 2. The summed E-state index contributed by atoms with van der Waals surface area (Å²) in [4.78, 5) is 28.0. The highest BCUT2D eigenvalue weighted by atomic mass is 19.1. The highest BCUT2D eigenvalue weighted by Gasteiger charge is 2.26. The predicted octanol–water partition coefficient (Wildman–Crippen LogP) is 3.92. The first-order chi connectivity index (χ1) is 13.5. The SMILES string of the molecule is Cc1ccc(N(Cc2ccc(C(=O)CO)cc2)C(=O)N2CCCCC2)c(F)c1. The van der Waals surface area contributed by atoms with E-state index in [9.17, 15) is 14.0 Å². The summed E-state index contributed by atoms with van der Waals surface area (Å²) in [6.45, 7) is 2.80. The van der Waals surface area contributed by atoms with Gasteiger partial charge in [-0.3, -0.25) is 9.69 Å². The first kappa shape index (κ1) is 20.0. The molecule has 5 nitrogen and oxygen atoms in total. The fourth-order valence-electron chi connectivity index (χ4n) is 3.41. The Morgan fingerprint density at radius 2 is 1.75 bits per heavy atom. The molecule has 0 aromatic heterocycles. The predicted molar refractivity (Wildman–Crippen MR) is 106 cm³/mol. The van der Waals surface area contributed by atoms with E-state index < -0.39 is 12.4 Å². The second-order valence-electron chi connectivity index (χ2n) is 7.15. The number of anilines is 1. The standard InChI is InChI=1S/C22H25FN2O3/c1-16-5-10-20(19(23)13-16)25(22(28)24-11-3-2-4-12-24)14-17-6-8-18(9-7-17)21(27)15-26/h5-10,13,26H,2-4,11-12,14-15H2,1H3. The number of piperidine rings is 1. The van der Waals surface area contributed by atoms with Crippen molar-refractivity contribution in [2.75, 3.05) is 24.6 Å². The van der Waals surface area contributed by atoms with Crippen LogP contribution in [0.2, 0.25) is 0 Å². The zero-order valence-electron chi connectivity index (χ0n) is 16.0. The van der Waals surface area contributed by atoms with Crippen LogP contribution in [0.1, 0.15) is 40.7 Å². The molecule has 0 saturated carbocycles. The van der Waals surface area contributed by atoms with E-state index in [2.05, 4.69) is 0 Å². The number of aliphatic hydroxyl groups excluding tert-OH is 1. The lowest BCUT2D eigenvalue weighted by Crippen LogP contribution is -2.45. The average molecular weight is 384 g/mol. The molecule has 1 heterocycles. The number of carbonyl (C=O) groups excluding carboxylic acids is 2. The number of hydrogen-bond acceptors (Lipinski definition) is 3. The second-order valence-corrected chi connectivity index (χ2v) is 7.15. The van der Waals surface area contributed by atoms with Gasteiger partial charge in [-0.2, -0.15) is 0 Å². The Hall–Kier alpha value is -2.73. The molecule has 1 aliphatic heterocycles. The van der Waals surface area contributed by atoms with E-state index in [1.807, 2.05) is 0 Å². The van der Waals surface area contributed by atoms with E-state index in [0.717, 1.165) is 30.4 Å². The topological polar surface area (TPSA) is 60.9 Å². The Labute approximate surface area is 164 Å². The normalized spacial score (nSPS) is 14.0. The summed E-state index contributed by atoms with van der Waals surface area (Å²) in [7, 11) is 0. The number of aryl methyl sites for hydroxylation is 1. The minimum atomic E-state index is -0.548. The van der Waals surface area contributed by atoms with Crippen molar-refractivity contribution in [3.63, 3.8) is 0 Å². The molecular weight excluding hydrogens is 359 g/mol.